The number of thioether (sulfide) groups is 2. The first-order valence-corrected chi connectivity index (χ1v) is 7.72. The number of aromatic carboxylic acids is 1. The largest absolute Gasteiger partial charge is 0.478 e. The van der Waals surface area contributed by atoms with E-state index in [4.69, 9.17) is 5.11 Å². The van der Waals surface area contributed by atoms with Crippen LogP contribution in [-0.4, -0.2) is 40.1 Å². The molecule has 3 nitrogen and oxygen atoms in total. The third-order valence-electron chi connectivity index (χ3n) is 2.55. The molecule has 0 spiro atoms. The molecule has 2 rings (SSSR count). The van der Waals surface area contributed by atoms with Gasteiger partial charge in [0.2, 0.25) is 0 Å². The molecule has 0 radical (unpaired) electrons. The van der Waals surface area contributed by atoms with Crippen molar-refractivity contribution < 1.29 is 9.90 Å². The van der Waals surface area contributed by atoms with Crippen LogP contribution in [0.5, 0.6) is 0 Å². The van der Waals surface area contributed by atoms with E-state index in [-0.39, 0.29) is 0 Å². The number of carboxylic acid groups (broad SMARTS) is 1. The van der Waals surface area contributed by atoms with Gasteiger partial charge in [-0.1, -0.05) is 0 Å². The maximum Gasteiger partial charge on any atom is 0.335 e. The highest BCUT2D eigenvalue weighted by atomic mass is 32.2. The van der Waals surface area contributed by atoms with Crippen molar-refractivity contribution >= 4 is 35.2 Å². The average Bonchev–Trinajstić information content (AvgIpc) is 2.38. The highest BCUT2D eigenvalue weighted by molar-refractivity contribution is 8.06. The van der Waals surface area contributed by atoms with Gasteiger partial charge in [-0.2, -0.15) is 23.5 Å². The minimum atomic E-state index is -0.879. The summed E-state index contributed by atoms with van der Waals surface area (Å²) in [4.78, 5) is 10.7. The van der Waals surface area contributed by atoms with Crippen LogP contribution in [0.15, 0.2) is 24.3 Å². The van der Waals surface area contributed by atoms with E-state index in [1.54, 1.807) is 12.1 Å². The van der Waals surface area contributed by atoms with Crippen LogP contribution < -0.4 is 5.32 Å². The van der Waals surface area contributed by atoms with Crippen molar-refractivity contribution in [2.75, 3.05) is 29.1 Å². The van der Waals surface area contributed by atoms with Gasteiger partial charge in [0.05, 0.1) is 5.56 Å². The first-order chi connectivity index (χ1) is 8.25. The van der Waals surface area contributed by atoms with Crippen LogP contribution in [0.2, 0.25) is 0 Å². The Morgan fingerprint density at radius 1 is 1.35 bits per heavy atom. The van der Waals surface area contributed by atoms with Crippen LogP contribution in [0.25, 0.3) is 0 Å². The summed E-state index contributed by atoms with van der Waals surface area (Å²) in [5.74, 6) is 2.81. The highest BCUT2D eigenvalue weighted by Gasteiger charge is 2.13. The standard InChI is InChI=1S/C12H15NO2S2/c14-12(15)9-1-3-10(4-2-9)13-7-11-8-16-5-6-17-11/h1-4,11,13H,5-8H2,(H,14,15). The Bertz CT molecular complexity index is 375. The number of anilines is 1. The first-order valence-electron chi connectivity index (χ1n) is 5.52. The second-order valence-corrected chi connectivity index (χ2v) is 6.39. The van der Waals surface area contributed by atoms with E-state index >= 15 is 0 Å². The maximum atomic E-state index is 10.7. The third-order valence-corrected chi connectivity index (χ3v) is 5.40. The zero-order chi connectivity index (χ0) is 12.1. The molecule has 1 unspecified atom stereocenters. The van der Waals surface area contributed by atoms with Crippen LogP contribution in [-0.2, 0) is 0 Å². The molecule has 0 aliphatic carbocycles. The summed E-state index contributed by atoms with van der Waals surface area (Å²) in [5.41, 5.74) is 1.32. The molecule has 1 heterocycles. The lowest BCUT2D eigenvalue weighted by molar-refractivity contribution is 0.0697. The number of hydrogen-bond acceptors (Lipinski definition) is 4. The smallest absolute Gasteiger partial charge is 0.335 e. The molecule has 0 bridgehead atoms. The van der Waals surface area contributed by atoms with Crippen molar-refractivity contribution in [3.63, 3.8) is 0 Å². The fourth-order valence-corrected chi connectivity index (χ4v) is 4.23. The number of benzene rings is 1. The maximum absolute atomic E-state index is 10.7. The molecule has 92 valence electrons. The van der Waals surface area contributed by atoms with E-state index in [2.05, 4.69) is 5.32 Å². The van der Waals surface area contributed by atoms with Crippen molar-refractivity contribution in [3.8, 4) is 0 Å². The fraction of sp³-hybridized carbons (Fsp3) is 0.417. The summed E-state index contributed by atoms with van der Waals surface area (Å²) in [6, 6.07) is 6.91. The molecule has 1 atom stereocenters. The number of nitrogens with one attached hydrogen (secondary N) is 1. The normalized spacial score (nSPS) is 19.9. The molecule has 0 saturated carbocycles. The van der Waals surface area contributed by atoms with Crippen molar-refractivity contribution in [2.24, 2.45) is 0 Å². The molecule has 1 aliphatic heterocycles. The molecule has 1 aliphatic rings. The van der Waals surface area contributed by atoms with Gasteiger partial charge >= 0.3 is 5.97 Å². The summed E-state index contributed by atoms with van der Waals surface area (Å²) in [5, 5.41) is 12.8. The van der Waals surface area contributed by atoms with E-state index in [0.29, 0.717) is 10.8 Å². The van der Waals surface area contributed by atoms with Gasteiger partial charge in [0, 0.05) is 34.7 Å². The molecule has 1 aromatic carbocycles. The lowest BCUT2D eigenvalue weighted by atomic mass is 10.2. The molecule has 0 amide bonds. The first kappa shape index (κ1) is 12.6. The van der Waals surface area contributed by atoms with Crippen molar-refractivity contribution in [2.45, 2.75) is 5.25 Å². The highest BCUT2D eigenvalue weighted by Crippen LogP contribution is 2.24. The second kappa shape index (κ2) is 6.21. The molecule has 5 heteroatoms. The summed E-state index contributed by atoms with van der Waals surface area (Å²) in [6.07, 6.45) is 0. The second-order valence-electron chi connectivity index (χ2n) is 3.83. The van der Waals surface area contributed by atoms with Crippen LogP contribution in [0.4, 0.5) is 5.69 Å². The van der Waals surface area contributed by atoms with Crippen LogP contribution >= 0.6 is 23.5 Å². The molecular weight excluding hydrogens is 254 g/mol. The molecule has 1 saturated heterocycles. The van der Waals surface area contributed by atoms with Gasteiger partial charge in [0.15, 0.2) is 0 Å². The van der Waals surface area contributed by atoms with E-state index < -0.39 is 5.97 Å². The average molecular weight is 269 g/mol. The number of hydrogen-bond donors (Lipinski definition) is 2. The van der Waals surface area contributed by atoms with Crippen molar-refractivity contribution in [1.29, 1.82) is 0 Å². The summed E-state index contributed by atoms with van der Waals surface area (Å²) in [6.45, 7) is 0.948. The topological polar surface area (TPSA) is 49.3 Å². The quantitative estimate of drug-likeness (QED) is 0.880. The SMILES string of the molecule is O=C(O)c1ccc(NCC2CSCCS2)cc1. The molecule has 1 fully saturated rings. The third kappa shape index (κ3) is 3.85. The Labute approximate surface area is 109 Å². The lowest BCUT2D eigenvalue weighted by Crippen LogP contribution is -2.23. The summed E-state index contributed by atoms with van der Waals surface area (Å²) < 4.78 is 0. The minimum Gasteiger partial charge on any atom is -0.478 e. The van der Waals surface area contributed by atoms with Crippen molar-refractivity contribution in [3.05, 3.63) is 29.8 Å². The molecule has 2 N–H and O–H groups in total. The molecule has 1 aromatic rings. The fourth-order valence-electron chi connectivity index (χ4n) is 1.62. The lowest BCUT2D eigenvalue weighted by Gasteiger charge is -2.21. The Balaban J connectivity index is 1.84. The van der Waals surface area contributed by atoms with E-state index in [1.165, 1.54) is 17.3 Å². The van der Waals surface area contributed by atoms with Crippen LogP contribution in [0.3, 0.4) is 0 Å². The Morgan fingerprint density at radius 3 is 2.71 bits per heavy atom. The Hall–Kier alpha value is -0.810. The van der Waals surface area contributed by atoms with Gasteiger partial charge in [0.1, 0.15) is 0 Å². The predicted octanol–water partition coefficient (Wildman–Crippen LogP) is 2.65. The van der Waals surface area contributed by atoms with Gasteiger partial charge in [-0.15, -0.1) is 0 Å². The van der Waals surface area contributed by atoms with Crippen LogP contribution in [0.1, 0.15) is 10.4 Å². The van der Waals surface area contributed by atoms with E-state index in [1.807, 2.05) is 35.7 Å². The van der Waals surface area contributed by atoms with Gasteiger partial charge in [-0.25, -0.2) is 4.79 Å². The van der Waals surface area contributed by atoms with Gasteiger partial charge in [-0.05, 0) is 24.3 Å². The summed E-state index contributed by atoms with van der Waals surface area (Å²) in [7, 11) is 0. The summed E-state index contributed by atoms with van der Waals surface area (Å²) >= 11 is 4.02. The van der Waals surface area contributed by atoms with Crippen LogP contribution in [0, 0.1) is 0 Å². The minimum absolute atomic E-state index is 0.332. The van der Waals surface area contributed by atoms with Gasteiger partial charge in [-0.3, -0.25) is 0 Å². The van der Waals surface area contributed by atoms with Gasteiger partial charge < -0.3 is 10.4 Å². The van der Waals surface area contributed by atoms with Crippen molar-refractivity contribution in [1.82, 2.24) is 0 Å². The number of carboxylic acids is 1. The van der Waals surface area contributed by atoms with E-state index in [0.717, 1.165) is 12.2 Å². The van der Waals surface area contributed by atoms with Gasteiger partial charge in [0.25, 0.3) is 0 Å². The molecule has 0 aromatic heterocycles. The zero-order valence-corrected chi connectivity index (χ0v) is 11.0. The number of rotatable bonds is 4. The van der Waals surface area contributed by atoms with E-state index in [9.17, 15) is 4.79 Å². The number of carbonyl (C=O) groups is 1. The Morgan fingerprint density at radius 2 is 2.12 bits per heavy atom. The zero-order valence-electron chi connectivity index (χ0n) is 9.39. The predicted molar refractivity (Wildman–Crippen MR) is 75.5 cm³/mol. The monoisotopic (exact) mass is 269 g/mol. The molecular formula is C12H15NO2S2. The molecule has 17 heavy (non-hydrogen) atoms. The Kier molecular flexibility index (Phi) is 4.62.